The van der Waals surface area contributed by atoms with E-state index in [4.69, 9.17) is 9.84 Å². The van der Waals surface area contributed by atoms with E-state index in [0.717, 1.165) is 23.3 Å². The number of aromatic carboxylic acids is 1. The minimum absolute atomic E-state index is 0.0761. The lowest BCUT2D eigenvalue weighted by molar-refractivity contribution is 0.0523. The predicted octanol–water partition coefficient (Wildman–Crippen LogP) is 4.56. The molecule has 1 heterocycles. The zero-order chi connectivity index (χ0) is 15.7. The molecule has 0 fully saturated rings. The van der Waals surface area contributed by atoms with Crippen molar-refractivity contribution in [2.24, 2.45) is 0 Å². The molecular weight excluding hydrogens is 252 g/mol. The van der Waals surface area contributed by atoms with Crippen LogP contribution in [0.1, 0.15) is 69.4 Å². The third kappa shape index (κ3) is 3.14. The SMILES string of the molecule is CC.Cc1cc(C(=O)O)cc2c1OC(C)(C)CC2(C)C. The maximum absolute atomic E-state index is 11.1. The van der Waals surface area contributed by atoms with Gasteiger partial charge >= 0.3 is 5.97 Å². The summed E-state index contributed by atoms with van der Waals surface area (Å²) in [6.07, 6.45) is 0.871. The van der Waals surface area contributed by atoms with Crippen molar-refractivity contribution in [3.63, 3.8) is 0 Å². The summed E-state index contributed by atoms with van der Waals surface area (Å²) in [4.78, 5) is 11.1. The summed E-state index contributed by atoms with van der Waals surface area (Å²) in [5, 5.41) is 9.14. The van der Waals surface area contributed by atoms with Gasteiger partial charge in [0.2, 0.25) is 0 Å². The molecule has 0 saturated carbocycles. The second-order valence-corrected chi connectivity index (χ2v) is 6.40. The second-order valence-electron chi connectivity index (χ2n) is 6.40. The number of hydrogen-bond donors (Lipinski definition) is 1. The molecule has 2 rings (SSSR count). The Hall–Kier alpha value is -1.51. The minimum atomic E-state index is -0.887. The zero-order valence-corrected chi connectivity index (χ0v) is 13.6. The molecule has 0 atom stereocenters. The van der Waals surface area contributed by atoms with Crippen molar-refractivity contribution in [3.05, 3.63) is 28.8 Å². The van der Waals surface area contributed by atoms with Crippen LogP contribution in [0.5, 0.6) is 5.75 Å². The van der Waals surface area contributed by atoms with Crippen LogP contribution < -0.4 is 4.74 Å². The molecule has 0 radical (unpaired) electrons. The van der Waals surface area contributed by atoms with E-state index in [-0.39, 0.29) is 11.0 Å². The van der Waals surface area contributed by atoms with E-state index in [1.807, 2.05) is 20.8 Å². The van der Waals surface area contributed by atoms with Crippen molar-refractivity contribution < 1.29 is 14.6 Å². The van der Waals surface area contributed by atoms with Gasteiger partial charge in [0, 0.05) is 5.56 Å². The van der Waals surface area contributed by atoms with Gasteiger partial charge in [-0.1, -0.05) is 27.7 Å². The molecule has 1 aliphatic heterocycles. The van der Waals surface area contributed by atoms with Crippen molar-refractivity contribution in [2.45, 2.75) is 65.9 Å². The fraction of sp³-hybridized carbons (Fsp3) is 0.588. The normalized spacial score (nSPS) is 18.1. The number of ether oxygens (including phenoxy) is 1. The molecule has 1 aromatic rings. The Morgan fingerprint density at radius 2 is 1.75 bits per heavy atom. The summed E-state index contributed by atoms with van der Waals surface area (Å²) in [6, 6.07) is 3.43. The summed E-state index contributed by atoms with van der Waals surface area (Å²) in [5.74, 6) is -0.0391. The fourth-order valence-corrected chi connectivity index (χ4v) is 3.01. The lowest BCUT2D eigenvalue weighted by Gasteiger charge is -2.43. The highest BCUT2D eigenvalue weighted by molar-refractivity contribution is 5.88. The van der Waals surface area contributed by atoms with Crippen molar-refractivity contribution >= 4 is 5.97 Å². The molecule has 0 unspecified atom stereocenters. The zero-order valence-electron chi connectivity index (χ0n) is 13.6. The summed E-state index contributed by atoms with van der Waals surface area (Å²) in [6.45, 7) is 14.3. The highest BCUT2D eigenvalue weighted by Crippen LogP contribution is 2.46. The molecule has 1 N–H and O–H groups in total. The Kier molecular flexibility index (Phi) is 4.52. The lowest BCUT2D eigenvalue weighted by Crippen LogP contribution is -2.41. The number of hydrogen-bond acceptors (Lipinski definition) is 2. The van der Waals surface area contributed by atoms with Gasteiger partial charge < -0.3 is 9.84 Å². The molecule has 112 valence electrons. The molecule has 0 bridgehead atoms. The first kappa shape index (κ1) is 16.5. The Morgan fingerprint density at radius 3 is 2.25 bits per heavy atom. The highest BCUT2D eigenvalue weighted by atomic mass is 16.5. The number of carboxylic acids is 1. The van der Waals surface area contributed by atoms with Crippen LogP contribution in [0.15, 0.2) is 12.1 Å². The standard InChI is InChI=1S/C15H20O3.C2H6/c1-9-6-10(13(16)17)7-11-12(9)18-15(4,5)8-14(11,2)3;1-2/h6-7H,8H2,1-5H3,(H,16,17);1-2H3. The smallest absolute Gasteiger partial charge is 0.335 e. The average Bonchev–Trinajstić information content (AvgIpc) is 2.30. The molecule has 0 saturated heterocycles. The Balaban J connectivity index is 0.000000956. The molecular formula is C17H26O3. The Labute approximate surface area is 122 Å². The van der Waals surface area contributed by atoms with E-state index >= 15 is 0 Å². The molecule has 1 aliphatic rings. The van der Waals surface area contributed by atoms with Crippen LogP contribution in [0.25, 0.3) is 0 Å². The van der Waals surface area contributed by atoms with Gasteiger partial charge in [0.15, 0.2) is 0 Å². The van der Waals surface area contributed by atoms with Crippen LogP contribution >= 0.6 is 0 Å². The van der Waals surface area contributed by atoms with Crippen LogP contribution in [0.3, 0.4) is 0 Å². The van der Waals surface area contributed by atoms with Crippen LogP contribution in [-0.4, -0.2) is 16.7 Å². The second kappa shape index (κ2) is 5.47. The quantitative estimate of drug-likeness (QED) is 0.819. The maximum atomic E-state index is 11.1. The van der Waals surface area contributed by atoms with E-state index in [9.17, 15) is 4.79 Å². The van der Waals surface area contributed by atoms with Gasteiger partial charge in [-0.3, -0.25) is 0 Å². The molecule has 0 spiro atoms. The van der Waals surface area contributed by atoms with Crippen molar-refractivity contribution in [3.8, 4) is 5.75 Å². The molecule has 0 amide bonds. The van der Waals surface area contributed by atoms with Crippen molar-refractivity contribution in [2.75, 3.05) is 0 Å². The average molecular weight is 278 g/mol. The lowest BCUT2D eigenvalue weighted by atomic mass is 9.73. The summed E-state index contributed by atoms with van der Waals surface area (Å²) in [5.41, 5.74) is 1.94. The first-order valence-electron chi connectivity index (χ1n) is 7.20. The van der Waals surface area contributed by atoms with E-state index < -0.39 is 5.97 Å². The molecule has 20 heavy (non-hydrogen) atoms. The monoisotopic (exact) mass is 278 g/mol. The van der Waals surface area contributed by atoms with E-state index in [0.29, 0.717) is 5.56 Å². The Bertz CT molecular complexity index is 513. The van der Waals surface area contributed by atoms with Gasteiger partial charge in [-0.2, -0.15) is 0 Å². The van der Waals surface area contributed by atoms with E-state index in [1.54, 1.807) is 12.1 Å². The predicted molar refractivity (Wildman–Crippen MR) is 81.8 cm³/mol. The van der Waals surface area contributed by atoms with Gasteiger partial charge in [0.05, 0.1) is 5.56 Å². The topological polar surface area (TPSA) is 46.5 Å². The van der Waals surface area contributed by atoms with Gasteiger partial charge in [0.1, 0.15) is 11.4 Å². The van der Waals surface area contributed by atoms with Gasteiger partial charge in [0.25, 0.3) is 0 Å². The van der Waals surface area contributed by atoms with E-state index in [2.05, 4.69) is 27.7 Å². The third-order valence-electron chi connectivity index (χ3n) is 3.50. The van der Waals surface area contributed by atoms with Gasteiger partial charge in [-0.25, -0.2) is 4.79 Å². The third-order valence-corrected chi connectivity index (χ3v) is 3.50. The van der Waals surface area contributed by atoms with Crippen molar-refractivity contribution in [1.29, 1.82) is 0 Å². The van der Waals surface area contributed by atoms with Gasteiger partial charge in [-0.05, 0) is 50.3 Å². The first-order chi connectivity index (χ1) is 9.12. The summed E-state index contributed by atoms with van der Waals surface area (Å²) in [7, 11) is 0. The summed E-state index contributed by atoms with van der Waals surface area (Å²) >= 11 is 0. The van der Waals surface area contributed by atoms with Crippen LogP contribution in [0.2, 0.25) is 0 Å². The van der Waals surface area contributed by atoms with Gasteiger partial charge in [-0.15, -0.1) is 0 Å². The minimum Gasteiger partial charge on any atom is -0.487 e. The van der Waals surface area contributed by atoms with E-state index in [1.165, 1.54) is 0 Å². The first-order valence-corrected chi connectivity index (χ1v) is 7.20. The maximum Gasteiger partial charge on any atom is 0.335 e. The Morgan fingerprint density at radius 1 is 1.20 bits per heavy atom. The van der Waals surface area contributed by atoms with Crippen LogP contribution in [0.4, 0.5) is 0 Å². The molecule has 0 aliphatic carbocycles. The van der Waals surface area contributed by atoms with Crippen LogP contribution in [-0.2, 0) is 5.41 Å². The number of carboxylic acid groups (broad SMARTS) is 1. The molecule has 0 aromatic heterocycles. The molecule has 3 nitrogen and oxygen atoms in total. The highest BCUT2D eigenvalue weighted by Gasteiger charge is 2.40. The number of fused-ring (bicyclic) bond motifs is 1. The number of carbonyl (C=O) groups is 1. The fourth-order valence-electron chi connectivity index (χ4n) is 3.01. The van der Waals surface area contributed by atoms with Crippen LogP contribution in [0, 0.1) is 6.92 Å². The number of aryl methyl sites for hydroxylation is 1. The number of rotatable bonds is 1. The largest absolute Gasteiger partial charge is 0.487 e. The summed E-state index contributed by atoms with van der Waals surface area (Å²) < 4.78 is 6.03. The molecule has 3 heteroatoms. The number of benzene rings is 1. The molecule has 1 aromatic carbocycles. The van der Waals surface area contributed by atoms with Crippen molar-refractivity contribution in [1.82, 2.24) is 0 Å².